The van der Waals surface area contributed by atoms with E-state index in [0.29, 0.717) is 26.2 Å². The minimum Gasteiger partial charge on any atom is -0.488 e. The first-order valence-corrected chi connectivity index (χ1v) is 10.6. The fourth-order valence-corrected chi connectivity index (χ4v) is 4.33. The Hall–Kier alpha value is -3.56. The van der Waals surface area contributed by atoms with Gasteiger partial charge in [-0.2, -0.15) is 0 Å². The van der Waals surface area contributed by atoms with Crippen LogP contribution in [-0.4, -0.2) is 15.2 Å². The number of thioether (sulfide) groups is 1. The highest BCUT2D eigenvalue weighted by Crippen LogP contribution is 2.37. The van der Waals surface area contributed by atoms with Crippen molar-refractivity contribution < 1.29 is 18.8 Å². The number of hydrogen-bond donors (Lipinski definition) is 0. The van der Waals surface area contributed by atoms with E-state index in [4.69, 9.17) is 17.0 Å². The summed E-state index contributed by atoms with van der Waals surface area (Å²) in [4.78, 5) is 25.5. The lowest BCUT2D eigenvalue weighted by Crippen LogP contribution is -2.27. The van der Waals surface area contributed by atoms with Crippen molar-refractivity contribution >= 4 is 51.7 Å². The lowest BCUT2D eigenvalue weighted by Gasteiger charge is -2.14. The van der Waals surface area contributed by atoms with Gasteiger partial charge >= 0.3 is 0 Å². The van der Waals surface area contributed by atoms with Crippen LogP contribution in [0.5, 0.6) is 5.75 Å². The van der Waals surface area contributed by atoms with Crippen LogP contribution in [0.15, 0.2) is 77.7 Å². The van der Waals surface area contributed by atoms with Gasteiger partial charge in [0, 0.05) is 17.7 Å². The second kappa shape index (κ2) is 9.29. The van der Waals surface area contributed by atoms with Crippen molar-refractivity contribution in [2.45, 2.75) is 6.61 Å². The summed E-state index contributed by atoms with van der Waals surface area (Å²) in [5.74, 6) is -0.322. The van der Waals surface area contributed by atoms with Crippen LogP contribution in [0.1, 0.15) is 11.1 Å². The van der Waals surface area contributed by atoms with Crippen LogP contribution in [0.3, 0.4) is 0 Å². The molecule has 0 N–H and O–H groups in total. The Morgan fingerprint density at radius 1 is 1.09 bits per heavy atom. The summed E-state index contributed by atoms with van der Waals surface area (Å²) in [5.41, 5.74) is 1.61. The van der Waals surface area contributed by atoms with Crippen LogP contribution in [0.4, 0.5) is 15.8 Å². The van der Waals surface area contributed by atoms with Gasteiger partial charge in [0.05, 0.1) is 15.5 Å². The molecule has 0 atom stereocenters. The summed E-state index contributed by atoms with van der Waals surface area (Å²) >= 11 is 6.49. The van der Waals surface area contributed by atoms with Crippen molar-refractivity contribution in [2.75, 3.05) is 4.90 Å². The predicted octanol–water partition coefficient (Wildman–Crippen LogP) is 5.72. The number of amides is 1. The first-order valence-electron chi connectivity index (χ1n) is 9.41. The molecule has 4 rings (SSSR count). The number of halogens is 1. The van der Waals surface area contributed by atoms with E-state index in [2.05, 4.69) is 0 Å². The zero-order valence-corrected chi connectivity index (χ0v) is 18.1. The van der Waals surface area contributed by atoms with E-state index in [0.717, 1.165) is 17.3 Å². The molecule has 0 radical (unpaired) electrons. The quantitative estimate of drug-likeness (QED) is 0.200. The number of carbonyl (C=O) groups excluding carboxylic acids is 1. The largest absolute Gasteiger partial charge is 0.488 e. The number of thiocarbonyl (C=S) groups is 1. The number of para-hydroxylation sites is 1. The molecule has 1 amide bonds. The highest BCUT2D eigenvalue weighted by Gasteiger charge is 2.33. The molecular formula is C23H15FN2O4S2. The normalized spacial score (nSPS) is 14.8. The summed E-state index contributed by atoms with van der Waals surface area (Å²) in [5, 5.41) is 11.3. The topological polar surface area (TPSA) is 72.7 Å². The molecule has 9 heteroatoms. The maximum absolute atomic E-state index is 13.1. The van der Waals surface area contributed by atoms with Gasteiger partial charge in [-0.3, -0.25) is 19.8 Å². The van der Waals surface area contributed by atoms with E-state index in [1.165, 1.54) is 41.3 Å². The summed E-state index contributed by atoms with van der Waals surface area (Å²) in [6.45, 7) is 0.129. The smallest absolute Gasteiger partial charge is 0.270 e. The molecule has 0 saturated carbocycles. The van der Waals surface area contributed by atoms with Gasteiger partial charge in [-0.25, -0.2) is 4.39 Å². The maximum Gasteiger partial charge on any atom is 0.270 e. The molecule has 3 aromatic carbocycles. The minimum absolute atomic E-state index is 0.129. The number of benzene rings is 3. The number of nitro groups is 1. The van der Waals surface area contributed by atoms with Crippen LogP contribution >= 0.6 is 24.0 Å². The van der Waals surface area contributed by atoms with Gasteiger partial charge < -0.3 is 4.74 Å². The van der Waals surface area contributed by atoms with Gasteiger partial charge in [0.15, 0.2) is 4.32 Å². The third kappa shape index (κ3) is 4.68. The molecule has 1 aliphatic rings. The Bertz CT molecular complexity index is 1230. The molecule has 6 nitrogen and oxygen atoms in total. The van der Waals surface area contributed by atoms with Crippen molar-refractivity contribution in [3.63, 3.8) is 0 Å². The fraction of sp³-hybridized carbons (Fsp3) is 0.0435. The molecule has 1 aliphatic heterocycles. The van der Waals surface area contributed by atoms with Crippen molar-refractivity contribution in [3.8, 4) is 5.75 Å². The highest BCUT2D eigenvalue weighted by molar-refractivity contribution is 8.27. The van der Waals surface area contributed by atoms with Crippen LogP contribution < -0.4 is 9.64 Å². The zero-order valence-electron chi connectivity index (χ0n) is 16.4. The Kier molecular flexibility index (Phi) is 6.29. The molecule has 160 valence electrons. The third-order valence-electron chi connectivity index (χ3n) is 4.61. The number of nitro benzene ring substituents is 1. The summed E-state index contributed by atoms with van der Waals surface area (Å²) < 4.78 is 19.3. The average Bonchev–Trinajstić information content (AvgIpc) is 3.07. The van der Waals surface area contributed by atoms with E-state index in [9.17, 15) is 19.3 Å². The molecule has 0 aromatic heterocycles. The zero-order chi connectivity index (χ0) is 22.7. The van der Waals surface area contributed by atoms with Crippen LogP contribution in [0.2, 0.25) is 0 Å². The van der Waals surface area contributed by atoms with Gasteiger partial charge in [0.1, 0.15) is 18.2 Å². The number of ether oxygens (including phenoxy) is 1. The second-order valence-electron chi connectivity index (χ2n) is 6.75. The molecular weight excluding hydrogens is 451 g/mol. The number of carbonyl (C=O) groups is 1. The van der Waals surface area contributed by atoms with Crippen LogP contribution in [-0.2, 0) is 11.4 Å². The van der Waals surface area contributed by atoms with Crippen molar-refractivity contribution in [3.05, 3.63) is 105 Å². The van der Waals surface area contributed by atoms with E-state index in [1.54, 1.807) is 36.4 Å². The number of hydrogen-bond acceptors (Lipinski definition) is 6. The Labute approximate surface area is 192 Å². The third-order valence-corrected chi connectivity index (χ3v) is 5.91. The molecule has 32 heavy (non-hydrogen) atoms. The van der Waals surface area contributed by atoms with Gasteiger partial charge in [0.25, 0.3) is 11.6 Å². The van der Waals surface area contributed by atoms with E-state index >= 15 is 0 Å². The highest BCUT2D eigenvalue weighted by atomic mass is 32.2. The molecule has 0 unspecified atom stereocenters. The van der Waals surface area contributed by atoms with E-state index < -0.39 is 4.92 Å². The average molecular weight is 467 g/mol. The van der Waals surface area contributed by atoms with Crippen molar-refractivity contribution in [1.82, 2.24) is 0 Å². The second-order valence-corrected chi connectivity index (χ2v) is 8.42. The summed E-state index contributed by atoms with van der Waals surface area (Å²) in [6.07, 6.45) is 1.54. The lowest BCUT2D eigenvalue weighted by molar-refractivity contribution is -0.384. The van der Waals surface area contributed by atoms with Crippen LogP contribution in [0.25, 0.3) is 6.08 Å². The molecule has 0 aliphatic carbocycles. The van der Waals surface area contributed by atoms with Crippen molar-refractivity contribution in [2.24, 2.45) is 0 Å². The SMILES string of the molecule is O=C1/C(=C\c2cc([N+](=O)[O-])ccc2OCc2ccc(F)cc2)SC(=S)N1c1ccccc1. The molecule has 1 saturated heterocycles. The number of rotatable bonds is 6. The molecule has 1 heterocycles. The Balaban J connectivity index is 1.65. The Morgan fingerprint density at radius 3 is 2.50 bits per heavy atom. The first-order chi connectivity index (χ1) is 15.4. The van der Waals surface area contributed by atoms with Gasteiger partial charge in [-0.1, -0.05) is 54.3 Å². The first kappa shape index (κ1) is 21.7. The molecule has 0 bridgehead atoms. The lowest BCUT2D eigenvalue weighted by atomic mass is 10.1. The molecule has 3 aromatic rings. The van der Waals surface area contributed by atoms with Crippen molar-refractivity contribution in [1.29, 1.82) is 0 Å². The standard InChI is InChI=1S/C23H15FN2O4S2/c24-17-8-6-15(7-9-17)14-30-20-11-10-19(26(28)29)12-16(20)13-21-22(27)25(23(31)32-21)18-4-2-1-3-5-18/h1-13H,14H2/b21-13+. The van der Waals surface area contributed by atoms with Gasteiger partial charge in [-0.05, 0) is 42.0 Å². The maximum atomic E-state index is 13.1. The summed E-state index contributed by atoms with van der Waals surface area (Å²) in [6, 6.07) is 19.0. The van der Waals surface area contributed by atoms with Crippen LogP contribution in [0, 0.1) is 15.9 Å². The Morgan fingerprint density at radius 2 is 1.81 bits per heavy atom. The number of anilines is 1. The number of nitrogens with zero attached hydrogens (tertiary/aromatic N) is 2. The molecule has 1 fully saturated rings. The van der Waals surface area contributed by atoms with Gasteiger partial charge in [-0.15, -0.1) is 0 Å². The monoisotopic (exact) mass is 466 g/mol. The minimum atomic E-state index is -0.518. The fourth-order valence-electron chi connectivity index (χ4n) is 3.04. The van der Waals surface area contributed by atoms with E-state index in [-0.39, 0.29) is 24.0 Å². The van der Waals surface area contributed by atoms with E-state index in [1.807, 2.05) is 6.07 Å². The predicted molar refractivity (Wildman–Crippen MR) is 126 cm³/mol. The van der Waals surface area contributed by atoms with Gasteiger partial charge in [0.2, 0.25) is 0 Å². The molecule has 0 spiro atoms. The summed E-state index contributed by atoms with van der Waals surface area (Å²) in [7, 11) is 0. The number of non-ortho nitro benzene ring substituents is 1.